The third-order valence-electron chi connectivity index (χ3n) is 9.74. The molecule has 2 aliphatic rings. The zero-order chi connectivity index (χ0) is 34.3. The SMILES string of the molecule is Cc1nc(Cc2ccccc2)c2c(c1C(CCOCCC(NC(C)C)c1c(C)nc(Cc3ccccc3)c3c1COC3)NC(C)C)COC2. The van der Waals surface area contributed by atoms with Crippen LogP contribution in [0.5, 0.6) is 0 Å². The molecule has 0 bridgehead atoms. The number of hydrogen-bond acceptors (Lipinski definition) is 7. The van der Waals surface area contributed by atoms with Gasteiger partial charge in [0.05, 0.1) is 37.8 Å². The number of nitrogens with one attached hydrogen (secondary N) is 2. The van der Waals surface area contributed by atoms with Gasteiger partial charge in [-0.1, -0.05) is 88.4 Å². The van der Waals surface area contributed by atoms with E-state index in [1.54, 1.807) is 0 Å². The van der Waals surface area contributed by atoms with E-state index in [2.05, 4.69) is 113 Å². The predicted molar refractivity (Wildman–Crippen MR) is 196 cm³/mol. The second-order valence-electron chi connectivity index (χ2n) is 14.3. The normalized spacial score (nSPS) is 15.2. The van der Waals surface area contributed by atoms with Gasteiger partial charge in [-0.3, -0.25) is 9.97 Å². The number of rotatable bonds is 16. The lowest BCUT2D eigenvalue weighted by molar-refractivity contribution is 0.111. The topological polar surface area (TPSA) is 77.5 Å². The van der Waals surface area contributed by atoms with Gasteiger partial charge in [-0.05, 0) is 60.1 Å². The molecule has 0 spiro atoms. The van der Waals surface area contributed by atoms with E-state index in [1.165, 1.54) is 44.5 Å². The van der Waals surface area contributed by atoms with E-state index in [9.17, 15) is 0 Å². The average Bonchev–Trinajstić information content (AvgIpc) is 3.76. The van der Waals surface area contributed by atoms with Crippen LogP contribution in [0.2, 0.25) is 0 Å². The Labute approximate surface area is 293 Å². The summed E-state index contributed by atoms with van der Waals surface area (Å²) in [6, 6.07) is 22.2. The zero-order valence-corrected chi connectivity index (χ0v) is 30.3. The van der Waals surface area contributed by atoms with Crippen molar-refractivity contribution in [2.24, 2.45) is 0 Å². The molecule has 0 radical (unpaired) electrons. The van der Waals surface area contributed by atoms with E-state index in [0.717, 1.165) is 48.5 Å². The second-order valence-corrected chi connectivity index (χ2v) is 14.3. The Morgan fingerprint density at radius 3 is 1.37 bits per heavy atom. The standard InChI is InChI=1S/C42H54N4O3/c1-27(2)43-37(41-29(5)45-39(33-23-48-25-35(33)41)21-31-13-9-7-10-14-31)17-19-47-20-18-38(44-28(3)4)42-30(6)46-40(34-24-49-26-36(34)42)22-32-15-11-8-12-16-32/h7-16,27-28,37-38,43-44H,17-26H2,1-6H3. The fourth-order valence-corrected chi connectivity index (χ4v) is 7.68. The minimum atomic E-state index is 0.141. The number of benzene rings is 2. The zero-order valence-electron chi connectivity index (χ0n) is 30.3. The van der Waals surface area contributed by atoms with Crippen LogP contribution in [0.4, 0.5) is 0 Å². The number of aromatic nitrogens is 2. The van der Waals surface area contributed by atoms with Crippen molar-refractivity contribution >= 4 is 0 Å². The Balaban J connectivity index is 1.14. The molecule has 0 fully saturated rings. The number of pyridine rings is 2. The van der Waals surface area contributed by atoms with E-state index in [-0.39, 0.29) is 12.1 Å². The third-order valence-corrected chi connectivity index (χ3v) is 9.74. The van der Waals surface area contributed by atoms with E-state index in [0.29, 0.717) is 51.7 Å². The number of aryl methyl sites for hydroxylation is 2. The highest BCUT2D eigenvalue weighted by atomic mass is 16.5. The maximum absolute atomic E-state index is 6.44. The second kappa shape index (κ2) is 16.5. The molecule has 2 unspecified atom stereocenters. The van der Waals surface area contributed by atoms with Gasteiger partial charge in [-0.2, -0.15) is 0 Å². The highest BCUT2D eigenvalue weighted by Gasteiger charge is 2.29. The highest BCUT2D eigenvalue weighted by molar-refractivity contribution is 5.46. The van der Waals surface area contributed by atoms with Crippen molar-refractivity contribution in [2.75, 3.05) is 13.2 Å². The van der Waals surface area contributed by atoms with Crippen molar-refractivity contribution in [3.8, 4) is 0 Å². The molecule has 49 heavy (non-hydrogen) atoms. The van der Waals surface area contributed by atoms with Crippen molar-refractivity contribution in [3.05, 3.63) is 128 Å². The Bertz CT molecular complexity index is 1570. The van der Waals surface area contributed by atoms with E-state index >= 15 is 0 Å². The predicted octanol–water partition coefficient (Wildman–Crippen LogP) is 7.91. The number of ether oxygens (including phenoxy) is 3. The van der Waals surface area contributed by atoms with Gasteiger partial charge in [0.25, 0.3) is 0 Å². The maximum atomic E-state index is 6.44. The van der Waals surface area contributed by atoms with Gasteiger partial charge in [-0.25, -0.2) is 0 Å². The van der Waals surface area contributed by atoms with Crippen LogP contribution in [0.1, 0.15) is 120 Å². The van der Waals surface area contributed by atoms with Crippen molar-refractivity contribution in [1.82, 2.24) is 20.6 Å². The first-order valence-electron chi connectivity index (χ1n) is 18.1. The molecule has 7 heteroatoms. The van der Waals surface area contributed by atoms with Gasteiger partial charge in [0.15, 0.2) is 0 Å². The van der Waals surface area contributed by atoms with E-state index in [4.69, 9.17) is 24.2 Å². The quantitative estimate of drug-likeness (QED) is 0.118. The lowest BCUT2D eigenvalue weighted by Gasteiger charge is -2.27. The Morgan fingerprint density at radius 2 is 0.980 bits per heavy atom. The fourth-order valence-electron chi connectivity index (χ4n) is 7.68. The molecule has 4 heterocycles. The molecule has 260 valence electrons. The van der Waals surface area contributed by atoms with Crippen molar-refractivity contribution in [2.45, 2.75) is 118 Å². The van der Waals surface area contributed by atoms with Crippen LogP contribution in [-0.2, 0) is 53.5 Å². The van der Waals surface area contributed by atoms with E-state index < -0.39 is 0 Å². The van der Waals surface area contributed by atoms with Crippen LogP contribution < -0.4 is 10.6 Å². The largest absolute Gasteiger partial charge is 0.381 e. The Kier molecular flexibility index (Phi) is 11.9. The molecule has 0 saturated carbocycles. The van der Waals surface area contributed by atoms with Gasteiger partial charge in [0.2, 0.25) is 0 Å². The molecule has 6 rings (SSSR count). The average molecular weight is 663 g/mol. The number of fused-ring (bicyclic) bond motifs is 2. The van der Waals surface area contributed by atoms with Crippen molar-refractivity contribution in [1.29, 1.82) is 0 Å². The fraction of sp³-hybridized carbons (Fsp3) is 0.476. The first kappa shape index (κ1) is 35.4. The molecule has 2 aliphatic heterocycles. The minimum absolute atomic E-state index is 0.141. The first-order chi connectivity index (χ1) is 23.8. The summed E-state index contributed by atoms with van der Waals surface area (Å²) in [5.74, 6) is 0. The maximum Gasteiger partial charge on any atom is 0.0743 e. The molecule has 0 saturated heterocycles. The third kappa shape index (κ3) is 8.65. The summed E-state index contributed by atoms with van der Waals surface area (Å²) >= 11 is 0. The summed E-state index contributed by atoms with van der Waals surface area (Å²) in [6.45, 7) is 17.0. The molecule has 2 N–H and O–H groups in total. The molecule has 0 amide bonds. The molecule has 2 aromatic carbocycles. The highest BCUT2D eigenvalue weighted by Crippen LogP contribution is 2.36. The summed E-state index contributed by atoms with van der Waals surface area (Å²) in [5, 5.41) is 7.67. The van der Waals surface area contributed by atoms with Gasteiger partial charge < -0.3 is 24.8 Å². The molecular formula is C42H54N4O3. The van der Waals surface area contributed by atoms with Crippen LogP contribution in [-0.4, -0.2) is 35.3 Å². The molecule has 2 atom stereocenters. The summed E-state index contributed by atoms with van der Waals surface area (Å²) in [4.78, 5) is 10.4. The molecule has 4 aromatic rings. The Morgan fingerprint density at radius 1 is 0.592 bits per heavy atom. The van der Waals surface area contributed by atoms with Gasteiger partial charge >= 0.3 is 0 Å². The van der Waals surface area contributed by atoms with Crippen LogP contribution >= 0.6 is 0 Å². The van der Waals surface area contributed by atoms with E-state index in [1.807, 2.05) is 0 Å². The summed E-state index contributed by atoms with van der Waals surface area (Å²) in [5.41, 5.74) is 14.7. The Hall–Kier alpha value is -3.46. The smallest absolute Gasteiger partial charge is 0.0743 e. The molecule has 0 aliphatic carbocycles. The van der Waals surface area contributed by atoms with Crippen LogP contribution in [0.15, 0.2) is 60.7 Å². The van der Waals surface area contributed by atoms with Crippen LogP contribution in [0, 0.1) is 13.8 Å². The number of nitrogens with zero attached hydrogens (tertiary/aromatic N) is 2. The summed E-state index contributed by atoms with van der Waals surface area (Å²) < 4.78 is 18.5. The minimum Gasteiger partial charge on any atom is -0.381 e. The molecule has 2 aromatic heterocycles. The lowest BCUT2D eigenvalue weighted by atomic mass is 9.91. The van der Waals surface area contributed by atoms with Crippen molar-refractivity contribution < 1.29 is 14.2 Å². The number of hydrogen-bond donors (Lipinski definition) is 2. The van der Waals surface area contributed by atoms with Gasteiger partial charge in [0.1, 0.15) is 0 Å². The van der Waals surface area contributed by atoms with Gasteiger partial charge in [-0.15, -0.1) is 0 Å². The summed E-state index contributed by atoms with van der Waals surface area (Å²) in [7, 11) is 0. The van der Waals surface area contributed by atoms with Crippen LogP contribution in [0.25, 0.3) is 0 Å². The monoisotopic (exact) mass is 662 g/mol. The van der Waals surface area contributed by atoms with Crippen molar-refractivity contribution in [3.63, 3.8) is 0 Å². The molecular weight excluding hydrogens is 608 g/mol. The first-order valence-corrected chi connectivity index (χ1v) is 18.1. The van der Waals surface area contributed by atoms with Crippen LogP contribution in [0.3, 0.4) is 0 Å². The summed E-state index contributed by atoms with van der Waals surface area (Å²) in [6.07, 6.45) is 3.38. The lowest BCUT2D eigenvalue weighted by Crippen LogP contribution is -2.32. The molecule has 7 nitrogen and oxygen atoms in total. The van der Waals surface area contributed by atoms with Gasteiger partial charge in [0, 0.05) is 72.7 Å².